The van der Waals surface area contributed by atoms with Crippen molar-refractivity contribution in [2.45, 2.75) is 82.8 Å². The van der Waals surface area contributed by atoms with E-state index in [9.17, 15) is 24.2 Å². The largest absolute Gasteiger partial charge is 0.496 e. The number of amides is 1. The van der Waals surface area contributed by atoms with E-state index < -0.39 is 35.7 Å². The number of hydrogen-bond acceptors (Lipinski definition) is 10. The molecule has 2 N–H and O–H groups in total. The van der Waals surface area contributed by atoms with Crippen molar-refractivity contribution in [1.82, 2.24) is 19.9 Å². The molecule has 5 heterocycles. The molecule has 14 heteroatoms. The third-order valence-electron chi connectivity index (χ3n) is 8.54. The number of ether oxygens (including phenoxy) is 3. The number of aromatic nitrogens is 3. The van der Waals surface area contributed by atoms with Crippen LogP contribution in [0.25, 0.3) is 5.00 Å². The number of halogens is 1. The predicted molar refractivity (Wildman–Crippen MR) is 153 cm³/mol. The van der Waals surface area contributed by atoms with Crippen LogP contribution < -0.4 is 9.64 Å². The maximum Gasteiger partial charge on any atom is 0.329 e. The number of carboxylic acid groups (broad SMARTS) is 1. The molecule has 2 saturated heterocycles. The van der Waals surface area contributed by atoms with Gasteiger partial charge >= 0.3 is 5.97 Å². The summed E-state index contributed by atoms with van der Waals surface area (Å²) in [5.74, 6) is -2.02. The number of methoxy groups -OCH3 is 1. The Balaban J connectivity index is 1.46. The van der Waals surface area contributed by atoms with Gasteiger partial charge in [0.25, 0.3) is 5.91 Å². The third kappa shape index (κ3) is 5.15. The molecule has 3 aliphatic heterocycles. The van der Waals surface area contributed by atoms with Crippen molar-refractivity contribution in [2.24, 2.45) is 0 Å². The summed E-state index contributed by atoms with van der Waals surface area (Å²) in [5, 5.41) is 31.2. The number of carbonyl (C=O) groups is 2. The summed E-state index contributed by atoms with van der Waals surface area (Å²) in [6.45, 7) is 4.40. The van der Waals surface area contributed by atoms with Crippen LogP contribution in [0.15, 0.2) is 30.6 Å². The molecule has 0 spiro atoms. The van der Waals surface area contributed by atoms with Gasteiger partial charge in [0.05, 0.1) is 49.9 Å². The van der Waals surface area contributed by atoms with Crippen molar-refractivity contribution in [2.75, 3.05) is 18.6 Å². The Bertz CT molecular complexity index is 1520. The molecule has 1 aromatic carbocycles. The predicted octanol–water partition coefficient (Wildman–Crippen LogP) is 3.65. The molecule has 2 fully saturated rings. The average molecular weight is 616 g/mol. The van der Waals surface area contributed by atoms with Crippen LogP contribution in [0.3, 0.4) is 0 Å². The van der Waals surface area contributed by atoms with Crippen LogP contribution in [-0.2, 0) is 14.3 Å². The molecule has 230 valence electrons. The van der Waals surface area contributed by atoms with E-state index in [0.717, 1.165) is 17.7 Å². The molecule has 43 heavy (non-hydrogen) atoms. The third-order valence-corrected chi connectivity index (χ3v) is 9.83. The Morgan fingerprint density at radius 3 is 2.51 bits per heavy atom. The molecule has 1 amide bonds. The number of carbonyl (C=O) groups excluding carboxylic acids is 1. The van der Waals surface area contributed by atoms with Crippen LogP contribution >= 0.6 is 11.3 Å². The van der Waals surface area contributed by atoms with Crippen LogP contribution in [0, 0.1) is 12.7 Å². The van der Waals surface area contributed by atoms with Crippen LogP contribution in [0.4, 0.5) is 9.39 Å². The number of aliphatic carboxylic acids is 1. The Kier molecular flexibility index (Phi) is 7.65. The van der Waals surface area contributed by atoms with Gasteiger partial charge in [0.15, 0.2) is 0 Å². The van der Waals surface area contributed by atoms with Gasteiger partial charge in [0.2, 0.25) is 6.35 Å². The Morgan fingerprint density at radius 2 is 1.88 bits per heavy atom. The lowest BCUT2D eigenvalue weighted by molar-refractivity contribution is -0.154. The quantitative estimate of drug-likeness (QED) is 0.367. The molecular formula is C29H34FN5O7S. The lowest BCUT2D eigenvalue weighted by Crippen LogP contribution is -2.65. The van der Waals surface area contributed by atoms with Gasteiger partial charge < -0.3 is 29.3 Å². The molecule has 3 aliphatic rings. The van der Waals surface area contributed by atoms with Gasteiger partial charge in [-0.05, 0) is 64.7 Å². The van der Waals surface area contributed by atoms with E-state index in [4.69, 9.17) is 14.2 Å². The Hall–Kier alpha value is -3.59. The maximum atomic E-state index is 14.7. The van der Waals surface area contributed by atoms with Crippen molar-refractivity contribution in [3.05, 3.63) is 53.1 Å². The van der Waals surface area contributed by atoms with E-state index in [2.05, 4.69) is 10.2 Å². The minimum atomic E-state index is -1.78. The van der Waals surface area contributed by atoms with Gasteiger partial charge in [0, 0.05) is 11.1 Å². The first-order valence-electron chi connectivity index (χ1n) is 14.2. The second-order valence-electron chi connectivity index (χ2n) is 11.6. The summed E-state index contributed by atoms with van der Waals surface area (Å²) in [5.41, 5.74) is -0.590. The molecule has 2 aromatic heterocycles. The molecular weight excluding hydrogens is 581 g/mol. The number of hydrogen-bond donors (Lipinski definition) is 2. The number of fused-ring (bicyclic) bond motifs is 3. The Morgan fingerprint density at radius 1 is 1.21 bits per heavy atom. The molecule has 5 atom stereocenters. The minimum Gasteiger partial charge on any atom is -0.496 e. The lowest BCUT2D eigenvalue weighted by atomic mass is 9.98. The number of anilines is 1. The summed E-state index contributed by atoms with van der Waals surface area (Å²) in [6.07, 6.45) is 3.71. The van der Waals surface area contributed by atoms with E-state index in [1.807, 2.05) is 0 Å². The lowest BCUT2D eigenvalue weighted by Gasteiger charge is -2.47. The monoisotopic (exact) mass is 615 g/mol. The van der Waals surface area contributed by atoms with Gasteiger partial charge in [-0.25, -0.2) is 9.18 Å². The summed E-state index contributed by atoms with van der Waals surface area (Å²) < 4.78 is 33.0. The zero-order valence-corrected chi connectivity index (χ0v) is 25.1. The molecule has 2 unspecified atom stereocenters. The van der Waals surface area contributed by atoms with E-state index in [-0.39, 0.29) is 30.4 Å². The highest BCUT2D eigenvalue weighted by Crippen LogP contribution is 2.46. The summed E-state index contributed by atoms with van der Waals surface area (Å²) in [6, 6.07) is 4.16. The molecule has 12 nitrogen and oxygen atoms in total. The van der Waals surface area contributed by atoms with E-state index in [1.165, 1.54) is 72.6 Å². The van der Waals surface area contributed by atoms with Crippen LogP contribution in [0.2, 0.25) is 0 Å². The number of benzene rings is 1. The van der Waals surface area contributed by atoms with Gasteiger partial charge in [-0.2, -0.15) is 10.2 Å². The molecule has 0 radical (unpaired) electrons. The molecule has 0 aliphatic carbocycles. The van der Waals surface area contributed by atoms with Crippen molar-refractivity contribution >= 4 is 28.2 Å². The standard InChI is InChI=1S/C29H34FN5O7S/c1-15-23-24(36)34(29(2,3)27(37)38)28(39)33(26(23)43-25(15)35-31-9-10-32-35)14-22(20-11-16(30)5-8-21(20)40-4)42-19-12-17-6-7-18(13-19)41-17/h5,8-11,17-19,22,28,39H,6-7,12-14H2,1-4H3,(H,37,38)/t17-,18+,19?,22-,28?/m0/s1. The first kappa shape index (κ1) is 29.5. The number of thiophene rings is 1. The van der Waals surface area contributed by atoms with Crippen LogP contribution in [-0.4, -0.2) is 85.8 Å². The zero-order chi connectivity index (χ0) is 30.6. The summed E-state index contributed by atoms with van der Waals surface area (Å²) in [7, 11) is 1.48. The van der Waals surface area contributed by atoms with Crippen molar-refractivity contribution in [3.63, 3.8) is 0 Å². The van der Waals surface area contributed by atoms with E-state index >= 15 is 0 Å². The van der Waals surface area contributed by atoms with Crippen molar-refractivity contribution in [3.8, 4) is 10.8 Å². The zero-order valence-electron chi connectivity index (χ0n) is 24.3. The summed E-state index contributed by atoms with van der Waals surface area (Å²) >= 11 is 1.19. The number of rotatable bonds is 9. The van der Waals surface area contributed by atoms with E-state index in [0.29, 0.717) is 39.7 Å². The fourth-order valence-corrected chi connectivity index (χ4v) is 7.49. The smallest absolute Gasteiger partial charge is 0.329 e. The highest BCUT2D eigenvalue weighted by molar-refractivity contribution is 7.19. The number of carboxylic acids is 1. The molecule has 2 bridgehead atoms. The number of aliphatic hydroxyl groups is 1. The summed E-state index contributed by atoms with van der Waals surface area (Å²) in [4.78, 5) is 30.2. The minimum absolute atomic E-state index is 0.0495. The van der Waals surface area contributed by atoms with Crippen LogP contribution in [0.1, 0.15) is 67.1 Å². The molecule has 0 saturated carbocycles. The Labute approximate surface area is 251 Å². The maximum absolute atomic E-state index is 14.7. The first-order valence-corrected chi connectivity index (χ1v) is 15.0. The molecule has 6 rings (SSSR count). The SMILES string of the molecule is COc1ccc(F)cc1[C@H](CN1c2sc(-n3nccn3)c(C)c2C(=O)N(C(C)(C)C(=O)O)C1O)OC1C[C@H]2CC[C@@H](C1)O2. The number of nitrogens with zero attached hydrogens (tertiary/aromatic N) is 5. The number of aliphatic hydroxyl groups excluding tert-OH is 1. The van der Waals surface area contributed by atoms with Gasteiger partial charge in [-0.15, -0.1) is 4.80 Å². The fraction of sp³-hybridized carbons (Fsp3) is 0.517. The van der Waals surface area contributed by atoms with Crippen molar-refractivity contribution in [1.29, 1.82) is 0 Å². The first-order chi connectivity index (χ1) is 20.5. The van der Waals surface area contributed by atoms with Crippen molar-refractivity contribution < 1.29 is 38.4 Å². The second-order valence-corrected chi connectivity index (χ2v) is 12.6. The van der Waals surface area contributed by atoms with E-state index in [1.54, 1.807) is 6.92 Å². The normalized spacial score (nSPS) is 24.3. The van der Waals surface area contributed by atoms with Gasteiger partial charge in [0.1, 0.15) is 33.2 Å². The van der Waals surface area contributed by atoms with Gasteiger partial charge in [-0.1, -0.05) is 11.3 Å². The molecule has 3 aromatic rings. The fourth-order valence-electron chi connectivity index (χ4n) is 6.25. The topological polar surface area (TPSA) is 139 Å². The second kappa shape index (κ2) is 11.2. The highest BCUT2D eigenvalue weighted by Gasteiger charge is 2.50. The van der Waals surface area contributed by atoms with Crippen LogP contribution in [0.5, 0.6) is 5.75 Å². The average Bonchev–Trinajstić information content (AvgIpc) is 3.69. The van der Waals surface area contributed by atoms with Gasteiger partial charge in [-0.3, -0.25) is 9.69 Å². The highest BCUT2D eigenvalue weighted by atomic mass is 32.1.